The van der Waals surface area contributed by atoms with E-state index >= 15 is 0 Å². The third kappa shape index (κ3) is 4.21. The lowest BCUT2D eigenvalue weighted by molar-refractivity contribution is -0.139. The van der Waals surface area contributed by atoms with Gasteiger partial charge in [-0.3, -0.25) is 9.59 Å². The van der Waals surface area contributed by atoms with E-state index in [1.54, 1.807) is 12.3 Å². The Morgan fingerprint density at radius 1 is 0.756 bits per heavy atom. The Labute approximate surface area is 243 Å². The number of benzene rings is 4. The maximum Gasteiger partial charge on any atom is 0.254 e. The van der Waals surface area contributed by atoms with Crippen LogP contribution in [0.2, 0.25) is 5.02 Å². The van der Waals surface area contributed by atoms with Crippen molar-refractivity contribution in [2.45, 2.75) is 25.4 Å². The van der Waals surface area contributed by atoms with Gasteiger partial charge in [-0.1, -0.05) is 72.3 Å². The molecule has 8 rings (SSSR count). The summed E-state index contributed by atoms with van der Waals surface area (Å²) in [4.78, 5) is 27.6. The second-order valence-electron chi connectivity index (χ2n) is 10.6. The van der Waals surface area contributed by atoms with Crippen LogP contribution in [0.25, 0.3) is 0 Å². The average molecular weight is 563 g/mol. The first-order valence-corrected chi connectivity index (χ1v) is 14.2. The van der Waals surface area contributed by atoms with Gasteiger partial charge in [-0.25, -0.2) is 0 Å². The highest BCUT2D eigenvalue weighted by atomic mass is 35.5. The summed E-state index contributed by atoms with van der Waals surface area (Å²) in [7, 11) is 0. The summed E-state index contributed by atoms with van der Waals surface area (Å²) in [6.45, 7) is 2.71. The van der Waals surface area contributed by atoms with Crippen LogP contribution in [0.5, 0.6) is 11.5 Å². The molecule has 2 amide bonds. The molecule has 41 heavy (non-hydrogen) atoms. The molecule has 0 spiro atoms. The highest BCUT2D eigenvalue weighted by Gasteiger charge is 2.61. The van der Waals surface area contributed by atoms with Crippen molar-refractivity contribution >= 4 is 29.6 Å². The average Bonchev–Trinajstić information content (AvgIpc) is 3.26. The predicted molar refractivity (Wildman–Crippen MR) is 156 cm³/mol. The molecule has 3 aliphatic carbocycles. The molecule has 2 atom stereocenters. The Kier molecular flexibility index (Phi) is 6.36. The number of carbonyl (C=O) groups is 2. The highest BCUT2D eigenvalue weighted by Crippen LogP contribution is 2.60. The zero-order chi connectivity index (χ0) is 28.1. The quantitative estimate of drug-likeness (QED) is 0.189. The molecule has 0 radical (unpaired) electrons. The molecule has 4 aromatic carbocycles. The van der Waals surface area contributed by atoms with Crippen molar-refractivity contribution in [3.63, 3.8) is 0 Å². The second kappa shape index (κ2) is 10.2. The molecule has 1 fully saturated rings. The van der Waals surface area contributed by atoms with Gasteiger partial charge in [0.05, 0.1) is 24.7 Å². The molecule has 204 valence electrons. The predicted octanol–water partition coefficient (Wildman–Crippen LogP) is 6.54. The standard InChI is InChI=1S/C34H27ClN2O4/c1-2-40-28-17-21(13-16-27(28)41-19-20-11-14-22(35)15-12-20)18-36-37-33(38)31-29-23-7-3-4-8-24(23)30(32(31)34(37)39)26-10-6-5-9-25(26)29/h3-18,29-32H,2,19H2,1H3/b36-18-/t29?,30?,31-,32+. The monoisotopic (exact) mass is 562 g/mol. The van der Waals surface area contributed by atoms with Crippen LogP contribution in [-0.2, 0) is 16.2 Å². The molecule has 1 aliphatic heterocycles. The number of hydrogen-bond donors (Lipinski definition) is 0. The molecular formula is C34H27ClN2O4. The van der Waals surface area contributed by atoms with E-state index in [4.69, 9.17) is 21.1 Å². The number of imide groups is 1. The first-order valence-electron chi connectivity index (χ1n) is 13.8. The lowest BCUT2D eigenvalue weighted by atomic mass is 9.55. The van der Waals surface area contributed by atoms with E-state index in [2.05, 4.69) is 29.4 Å². The molecule has 0 saturated carbocycles. The van der Waals surface area contributed by atoms with E-state index in [9.17, 15) is 9.59 Å². The summed E-state index contributed by atoms with van der Waals surface area (Å²) in [5.74, 6) is -0.584. The van der Waals surface area contributed by atoms with Gasteiger partial charge in [0.25, 0.3) is 11.8 Å². The van der Waals surface area contributed by atoms with E-state index in [1.807, 2.05) is 67.6 Å². The number of hydrogen-bond acceptors (Lipinski definition) is 5. The van der Waals surface area contributed by atoms with Crippen LogP contribution in [0.3, 0.4) is 0 Å². The first kappa shape index (κ1) is 25.5. The zero-order valence-corrected chi connectivity index (χ0v) is 23.1. The summed E-state index contributed by atoms with van der Waals surface area (Å²) in [6.07, 6.45) is 1.54. The van der Waals surface area contributed by atoms with E-state index in [1.165, 1.54) is 0 Å². The molecule has 0 unspecified atom stereocenters. The van der Waals surface area contributed by atoms with Gasteiger partial charge < -0.3 is 9.47 Å². The zero-order valence-electron chi connectivity index (χ0n) is 22.4. The topological polar surface area (TPSA) is 68.2 Å². The van der Waals surface area contributed by atoms with Gasteiger partial charge in [-0.15, -0.1) is 0 Å². The molecule has 4 aliphatic rings. The summed E-state index contributed by atoms with van der Waals surface area (Å²) in [5, 5.41) is 6.19. The van der Waals surface area contributed by atoms with Crippen molar-refractivity contribution in [3.8, 4) is 11.5 Å². The molecule has 0 aromatic heterocycles. The SMILES string of the molecule is CCOc1cc(/C=N\N2C(=O)[C@@H]3C4c5ccccc5C(c5ccccc54)[C@@H]3C2=O)ccc1OCc1ccc(Cl)cc1. The van der Waals surface area contributed by atoms with Crippen molar-refractivity contribution in [3.05, 3.63) is 129 Å². The summed E-state index contributed by atoms with van der Waals surface area (Å²) < 4.78 is 11.8. The first-order chi connectivity index (χ1) is 20.0. The number of rotatable bonds is 7. The number of carbonyl (C=O) groups excluding carboxylic acids is 2. The fourth-order valence-electron chi connectivity index (χ4n) is 6.63. The Hall–Kier alpha value is -4.42. The number of ether oxygens (including phenoxy) is 2. The van der Waals surface area contributed by atoms with Crippen LogP contribution in [-0.4, -0.2) is 29.6 Å². The fourth-order valence-corrected chi connectivity index (χ4v) is 6.76. The molecule has 2 bridgehead atoms. The number of halogens is 1. The maximum absolute atomic E-state index is 13.8. The van der Waals surface area contributed by atoms with Crippen molar-refractivity contribution < 1.29 is 19.1 Å². The van der Waals surface area contributed by atoms with Crippen LogP contribution in [0.1, 0.15) is 52.1 Å². The van der Waals surface area contributed by atoms with Crippen LogP contribution < -0.4 is 9.47 Å². The van der Waals surface area contributed by atoms with Gasteiger partial charge in [-0.05, 0) is 70.6 Å². The Morgan fingerprint density at radius 3 is 1.85 bits per heavy atom. The highest BCUT2D eigenvalue weighted by molar-refractivity contribution is 6.30. The van der Waals surface area contributed by atoms with E-state index in [0.29, 0.717) is 35.3 Å². The normalized spacial score (nSPS) is 22.0. The van der Waals surface area contributed by atoms with Crippen LogP contribution in [0, 0.1) is 11.8 Å². The molecule has 1 heterocycles. The number of hydrazone groups is 1. The van der Waals surface area contributed by atoms with Gasteiger partial charge >= 0.3 is 0 Å². The fraction of sp³-hybridized carbons (Fsp3) is 0.206. The van der Waals surface area contributed by atoms with Crippen LogP contribution in [0.15, 0.2) is 96.1 Å². The molecule has 6 nitrogen and oxygen atoms in total. The van der Waals surface area contributed by atoms with Crippen molar-refractivity contribution in [2.75, 3.05) is 6.61 Å². The molecule has 4 aromatic rings. The largest absolute Gasteiger partial charge is 0.490 e. The smallest absolute Gasteiger partial charge is 0.254 e. The maximum atomic E-state index is 13.8. The van der Waals surface area contributed by atoms with E-state index in [-0.39, 0.29) is 23.7 Å². The van der Waals surface area contributed by atoms with Crippen molar-refractivity contribution in [1.82, 2.24) is 5.01 Å². The van der Waals surface area contributed by atoms with Crippen molar-refractivity contribution in [2.24, 2.45) is 16.9 Å². The minimum atomic E-state index is -0.461. The second-order valence-corrected chi connectivity index (χ2v) is 11.0. The van der Waals surface area contributed by atoms with Gasteiger partial charge in [0.1, 0.15) is 6.61 Å². The van der Waals surface area contributed by atoms with Gasteiger partial charge in [0.15, 0.2) is 11.5 Å². The minimum Gasteiger partial charge on any atom is -0.490 e. The summed E-state index contributed by atoms with van der Waals surface area (Å²) in [6, 6.07) is 29.3. The van der Waals surface area contributed by atoms with Gasteiger partial charge in [0, 0.05) is 16.9 Å². The Balaban J connectivity index is 1.16. The van der Waals surface area contributed by atoms with E-state index in [0.717, 1.165) is 32.8 Å². The van der Waals surface area contributed by atoms with Crippen LogP contribution in [0.4, 0.5) is 0 Å². The van der Waals surface area contributed by atoms with E-state index < -0.39 is 11.8 Å². The molecule has 0 N–H and O–H groups in total. The summed E-state index contributed by atoms with van der Waals surface area (Å²) >= 11 is 5.98. The number of nitrogens with zero attached hydrogens (tertiary/aromatic N) is 2. The minimum absolute atomic E-state index is 0.157. The lowest BCUT2D eigenvalue weighted by Gasteiger charge is -2.45. The lowest BCUT2D eigenvalue weighted by Crippen LogP contribution is -2.41. The Bertz CT molecular complexity index is 1580. The van der Waals surface area contributed by atoms with Crippen molar-refractivity contribution in [1.29, 1.82) is 0 Å². The van der Waals surface area contributed by atoms with Gasteiger partial charge in [-0.2, -0.15) is 10.1 Å². The summed E-state index contributed by atoms with van der Waals surface area (Å²) in [5.41, 5.74) is 6.23. The number of amides is 2. The molecule has 7 heteroatoms. The van der Waals surface area contributed by atoms with Crippen LogP contribution >= 0.6 is 11.6 Å². The third-order valence-corrected chi connectivity index (χ3v) is 8.57. The van der Waals surface area contributed by atoms with Gasteiger partial charge in [0.2, 0.25) is 0 Å². The molecule has 1 saturated heterocycles. The Morgan fingerprint density at radius 2 is 1.32 bits per heavy atom. The third-order valence-electron chi connectivity index (χ3n) is 8.32. The molecular weight excluding hydrogens is 536 g/mol.